The van der Waals surface area contributed by atoms with Crippen LogP contribution in [0.1, 0.15) is 13.3 Å². The van der Waals surface area contributed by atoms with Crippen LogP contribution in [0.4, 0.5) is 8.78 Å². The van der Waals surface area contributed by atoms with Gasteiger partial charge in [-0.1, -0.05) is 13.0 Å². The molecular formula is C9H10F2S. The van der Waals surface area contributed by atoms with Gasteiger partial charge in [0, 0.05) is 4.90 Å². The van der Waals surface area contributed by atoms with E-state index in [0.29, 0.717) is 4.90 Å². The number of halogens is 2. The van der Waals surface area contributed by atoms with E-state index in [1.165, 1.54) is 17.8 Å². The van der Waals surface area contributed by atoms with Crippen molar-refractivity contribution in [2.24, 2.45) is 0 Å². The fourth-order valence-corrected chi connectivity index (χ4v) is 1.63. The number of thioether (sulfide) groups is 1. The molecule has 0 fully saturated rings. The van der Waals surface area contributed by atoms with Gasteiger partial charge in [0.25, 0.3) is 0 Å². The zero-order chi connectivity index (χ0) is 8.97. The maximum Gasteiger partial charge on any atom is 0.172 e. The van der Waals surface area contributed by atoms with Crippen LogP contribution in [-0.2, 0) is 0 Å². The van der Waals surface area contributed by atoms with Crippen LogP contribution in [0.5, 0.6) is 0 Å². The summed E-state index contributed by atoms with van der Waals surface area (Å²) >= 11 is 1.35. The smallest absolute Gasteiger partial charge is 0.172 e. The predicted molar refractivity (Wildman–Crippen MR) is 47.4 cm³/mol. The van der Waals surface area contributed by atoms with Gasteiger partial charge in [-0.15, -0.1) is 11.8 Å². The molecule has 0 aliphatic heterocycles. The summed E-state index contributed by atoms with van der Waals surface area (Å²) in [6.07, 6.45) is 0.959. The molecule has 0 saturated heterocycles. The van der Waals surface area contributed by atoms with Crippen molar-refractivity contribution in [2.75, 3.05) is 5.75 Å². The maximum absolute atomic E-state index is 12.9. The van der Waals surface area contributed by atoms with E-state index < -0.39 is 11.6 Å². The third kappa shape index (κ3) is 2.21. The third-order valence-corrected chi connectivity index (χ3v) is 2.62. The van der Waals surface area contributed by atoms with E-state index in [-0.39, 0.29) is 0 Å². The SMILES string of the molecule is CCCSc1cccc(F)c1F. The molecule has 0 spiro atoms. The molecule has 0 aliphatic rings. The number of hydrogen-bond donors (Lipinski definition) is 0. The minimum absolute atomic E-state index is 0.400. The number of rotatable bonds is 3. The van der Waals surface area contributed by atoms with Gasteiger partial charge in [-0.3, -0.25) is 0 Å². The monoisotopic (exact) mass is 188 g/mol. The van der Waals surface area contributed by atoms with Gasteiger partial charge < -0.3 is 0 Å². The van der Waals surface area contributed by atoms with E-state index in [0.717, 1.165) is 18.2 Å². The number of hydrogen-bond acceptors (Lipinski definition) is 1. The van der Waals surface area contributed by atoms with Gasteiger partial charge in [0.05, 0.1) is 0 Å². The van der Waals surface area contributed by atoms with Crippen molar-refractivity contribution in [1.29, 1.82) is 0 Å². The zero-order valence-corrected chi connectivity index (χ0v) is 7.63. The molecule has 1 aromatic rings. The standard InChI is InChI=1S/C9H10F2S/c1-2-6-12-8-5-3-4-7(10)9(8)11/h3-5H,2,6H2,1H3. The van der Waals surface area contributed by atoms with E-state index in [9.17, 15) is 8.78 Å². The predicted octanol–water partition coefficient (Wildman–Crippen LogP) is 3.47. The Hall–Kier alpha value is -0.570. The Balaban J connectivity index is 2.78. The summed E-state index contributed by atoms with van der Waals surface area (Å²) in [6.45, 7) is 2.00. The van der Waals surface area contributed by atoms with Crippen LogP contribution >= 0.6 is 11.8 Å². The summed E-state index contributed by atoms with van der Waals surface area (Å²) in [4.78, 5) is 0.400. The average Bonchev–Trinajstić information content (AvgIpc) is 2.08. The molecule has 3 heteroatoms. The lowest BCUT2D eigenvalue weighted by Crippen LogP contribution is -1.87. The topological polar surface area (TPSA) is 0 Å². The van der Waals surface area contributed by atoms with Crippen molar-refractivity contribution in [1.82, 2.24) is 0 Å². The highest BCUT2D eigenvalue weighted by atomic mass is 32.2. The van der Waals surface area contributed by atoms with Crippen LogP contribution in [0.25, 0.3) is 0 Å². The van der Waals surface area contributed by atoms with Crippen LogP contribution < -0.4 is 0 Å². The third-order valence-electron chi connectivity index (χ3n) is 1.38. The molecule has 0 amide bonds. The van der Waals surface area contributed by atoms with Crippen LogP contribution in [0.15, 0.2) is 23.1 Å². The Labute approximate surface area is 75.0 Å². The fraction of sp³-hybridized carbons (Fsp3) is 0.333. The summed E-state index contributed by atoms with van der Waals surface area (Å²) in [5, 5.41) is 0. The van der Waals surface area contributed by atoms with E-state index in [2.05, 4.69) is 0 Å². The summed E-state index contributed by atoms with van der Waals surface area (Å²) < 4.78 is 25.5. The molecule has 0 unspecified atom stereocenters. The van der Waals surface area contributed by atoms with Crippen molar-refractivity contribution < 1.29 is 8.78 Å². The van der Waals surface area contributed by atoms with Gasteiger partial charge in [0.2, 0.25) is 0 Å². The first kappa shape index (κ1) is 9.52. The molecule has 0 bridgehead atoms. The highest BCUT2D eigenvalue weighted by molar-refractivity contribution is 7.99. The lowest BCUT2D eigenvalue weighted by atomic mass is 10.3. The van der Waals surface area contributed by atoms with E-state index >= 15 is 0 Å². The van der Waals surface area contributed by atoms with E-state index in [1.54, 1.807) is 6.07 Å². The summed E-state index contributed by atoms with van der Waals surface area (Å²) in [6, 6.07) is 4.25. The molecular weight excluding hydrogens is 178 g/mol. The summed E-state index contributed by atoms with van der Waals surface area (Å²) in [5.41, 5.74) is 0. The van der Waals surface area contributed by atoms with Gasteiger partial charge in [0.1, 0.15) is 0 Å². The normalized spacial score (nSPS) is 10.2. The Morgan fingerprint density at radius 2 is 2.08 bits per heavy atom. The van der Waals surface area contributed by atoms with Crippen molar-refractivity contribution in [3.63, 3.8) is 0 Å². The molecule has 0 atom stereocenters. The summed E-state index contributed by atoms with van der Waals surface area (Å²) in [7, 11) is 0. The second kappa shape index (κ2) is 4.45. The first-order valence-electron chi connectivity index (χ1n) is 3.82. The Kier molecular flexibility index (Phi) is 3.53. The molecule has 0 saturated carbocycles. The first-order valence-corrected chi connectivity index (χ1v) is 4.81. The molecule has 12 heavy (non-hydrogen) atoms. The fourth-order valence-electron chi connectivity index (χ4n) is 0.808. The van der Waals surface area contributed by atoms with E-state index in [4.69, 9.17) is 0 Å². The van der Waals surface area contributed by atoms with Crippen molar-refractivity contribution in [3.05, 3.63) is 29.8 Å². The molecule has 1 rings (SSSR count). The average molecular weight is 188 g/mol. The minimum atomic E-state index is -0.767. The van der Waals surface area contributed by atoms with Crippen LogP contribution in [-0.4, -0.2) is 5.75 Å². The molecule has 0 heterocycles. The molecule has 0 nitrogen and oxygen atoms in total. The van der Waals surface area contributed by atoms with Gasteiger partial charge in [-0.05, 0) is 24.3 Å². The van der Waals surface area contributed by atoms with Gasteiger partial charge in [0.15, 0.2) is 11.6 Å². The van der Waals surface area contributed by atoms with Crippen molar-refractivity contribution >= 4 is 11.8 Å². The van der Waals surface area contributed by atoms with Gasteiger partial charge in [-0.25, -0.2) is 8.78 Å². The van der Waals surface area contributed by atoms with Crippen LogP contribution in [0.2, 0.25) is 0 Å². The molecule has 0 aromatic heterocycles. The van der Waals surface area contributed by atoms with E-state index in [1.807, 2.05) is 6.92 Å². The second-order valence-electron chi connectivity index (χ2n) is 2.40. The van der Waals surface area contributed by atoms with Gasteiger partial charge in [-0.2, -0.15) is 0 Å². The maximum atomic E-state index is 12.9. The molecule has 0 radical (unpaired) electrons. The molecule has 0 aliphatic carbocycles. The minimum Gasteiger partial charge on any atom is -0.204 e. The van der Waals surface area contributed by atoms with Crippen molar-refractivity contribution in [3.8, 4) is 0 Å². The lowest BCUT2D eigenvalue weighted by Gasteiger charge is -2.01. The quantitative estimate of drug-likeness (QED) is 0.654. The van der Waals surface area contributed by atoms with Crippen molar-refractivity contribution in [2.45, 2.75) is 18.2 Å². The van der Waals surface area contributed by atoms with Gasteiger partial charge >= 0.3 is 0 Å². The second-order valence-corrected chi connectivity index (χ2v) is 3.54. The highest BCUT2D eigenvalue weighted by Crippen LogP contribution is 2.23. The Morgan fingerprint density at radius 3 is 2.75 bits per heavy atom. The first-order chi connectivity index (χ1) is 5.75. The largest absolute Gasteiger partial charge is 0.204 e. The Bertz CT molecular complexity index is 261. The molecule has 66 valence electrons. The summed E-state index contributed by atoms with van der Waals surface area (Å²) in [5.74, 6) is -0.674. The Morgan fingerprint density at radius 1 is 1.33 bits per heavy atom. The lowest BCUT2D eigenvalue weighted by molar-refractivity contribution is 0.491. The van der Waals surface area contributed by atoms with Crippen LogP contribution in [0, 0.1) is 11.6 Å². The number of benzene rings is 1. The molecule has 0 N–H and O–H groups in total. The van der Waals surface area contributed by atoms with Crippen LogP contribution in [0.3, 0.4) is 0 Å². The molecule has 1 aromatic carbocycles. The highest BCUT2D eigenvalue weighted by Gasteiger charge is 2.06. The zero-order valence-electron chi connectivity index (χ0n) is 6.81.